The number of hydrogen-bond donors (Lipinski definition) is 2. The number of hydrogen-bond acceptors (Lipinski definition) is 4. The summed E-state index contributed by atoms with van der Waals surface area (Å²) in [6.45, 7) is 0. The van der Waals surface area contributed by atoms with Crippen molar-refractivity contribution in [1.82, 2.24) is 15.4 Å². The Morgan fingerprint density at radius 3 is 2.93 bits per heavy atom. The molecule has 0 saturated carbocycles. The summed E-state index contributed by atoms with van der Waals surface area (Å²) in [5.74, 6) is 0.366. The third kappa shape index (κ3) is 1.10. The van der Waals surface area contributed by atoms with Crippen LogP contribution in [-0.2, 0) is 0 Å². The second kappa shape index (κ2) is 2.84. The molecule has 1 aromatic carbocycles. The average Bonchev–Trinajstić information content (AvgIpc) is 2.82. The van der Waals surface area contributed by atoms with Crippen molar-refractivity contribution in [3.63, 3.8) is 0 Å². The highest BCUT2D eigenvalue weighted by Crippen LogP contribution is 2.34. The van der Waals surface area contributed by atoms with Gasteiger partial charge in [-0.05, 0) is 6.07 Å². The van der Waals surface area contributed by atoms with Crippen LogP contribution in [0.1, 0.15) is 0 Å². The van der Waals surface area contributed by atoms with Gasteiger partial charge < -0.3 is 10.2 Å². The number of aromatic amines is 1. The monoisotopic (exact) mass is 200 g/mol. The first-order valence-electron chi connectivity index (χ1n) is 4.49. The second-order valence-corrected chi connectivity index (χ2v) is 3.19. The van der Waals surface area contributed by atoms with Gasteiger partial charge >= 0.3 is 0 Å². The number of nitrogens with one attached hydrogen (secondary N) is 1. The van der Waals surface area contributed by atoms with E-state index in [4.69, 9.17) is 10.2 Å². The van der Waals surface area contributed by atoms with Gasteiger partial charge in [0.15, 0.2) is 0 Å². The summed E-state index contributed by atoms with van der Waals surface area (Å²) in [6, 6.07) is 7.65. The minimum atomic E-state index is 0.366. The zero-order valence-corrected chi connectivity index (χ0v) is 7.77. The van der Waals surface area contributed by atoms with Crippen molar-refractivity contribution in [3.8, 4) is 11.3 Å². The average molecular weight is 200 g/mol. The molecule has 0 aliphatic heterocycles. The molecule has 0 aliphatic carbocycles. The van der Waals surface area contributed by atoms with E-state index >= 15 is 0 Å². The van der Waals surface area contributed by atoms with Gasteiger partial charge in [-0.15, -0.1) is 0 Å². The minimum Gasteiger partial charge on any atom is -0.440 e. The molecule has 3 N–H and O–H groups in total. The number of rotatable bonds is 1. The Labute approximate surface area is 84.9 Å². The first kappa shape index (κ1) is 8.05. The molecule has 0 unspecified atom stereocenters. The third-order valence-electron chi connectivity index (χ3n) is 2.29. The Morgan fingerprint density at radius 2 is 2.13 bits per heavy atom. The smallest absolute Gasteiger partial charge is 0.201 e. The quantitative estimate of drug-likeness (QED) is 0.627. The summed E-state index contributed by atoms with van der Waals surface area (Å²) in [4.78, 5) is 0. The second-order valence-electron chi connectivity index (χ2n) is 3.19. The van der Waals surface area contributed by atoms with Gasteiger partial charge in [0.1, 0.15) is 11.3 Å². The van der Waals surface area contributed by atoms with Crippen LogP contribution in [0.25, 0.3) is 22.2 Å². The van der Waals surface area contributed by atoms with Crippen molar-refractivity contribution < 1.29 is 4.42 Å². The highest BCUT2D eigenvalue weighted by Gasteiger charge is 2.14. The van der Waals surface area contributed by atoms with E-state index in [0.717, 1.165) is 16.5 Å². The molecular formula is C10H8N4O. The van der Waals surface area contributed by atoms with Crippen molar-refractivity contribution in [1.29, 1.82) is 0 Å². The molecule has 2 heterocycles. The number of aromatic nitrogens is 3. The fraction of sp³-hybridized carbons (Fsp3) is 0. The Bertz CT molecular complexity index is 597. The predicted molar refractivity (Wildman–Crippen MR) is 56.0 cm³/mol. The number of anilines is 1. The highest BCUT2D eigenvalue weighted by atomic mass is 16.3. The van der Waals surface area contributed by atoms with Gasteiger partial charge in [0.05, 0.1) is 11.8 Å². The maximum Gasteiger partial charge on any atom is 0.201 e. The number of fused-ring (bicyclic) bond motifs is 1. The van der Waals surface area contributed by atoms with Crippen LogP contribution in [0.15, 0.2) is 34.9 Å². The van der Waals surface area contributed by atoms with E-state index in [1.165, 1.54) is 0 Å². The van der Waals surface area contributed by atoms with E-state index in [1.54, 1.807) is 6.20 Å². The predicted octanol–water partition coefficient (Wildman–Crippen LogP) is 1.80. The standard InChI is InChI=1S/C10H8N4O/c11-10-9(7-5-12-14-13-7)6-3-1-2-4-8(6)15-10/h1-5H,11H2,(H,12,13,14). The van der Waals surface area contributed by atoms with Gasteiger partial charge in [-0.3, -0.25) is 0 Å². The first-order valence-corrected chi connectivity index (χ1v) is 4.49. The van der Waals surface area contributed by atoms with E-state index < -0.39 is 0 Å². The highest BCUT2D eigenvalue weighted by molar-refractivity contribution is 5.98. The maximum atomic E-state index is 5.80. The zero-order valence-electron chi connectivity index (χ0n) is 7.77. The molecule has 2 aromatic heterocycles. The van der Waals surface area contributed by atoms with Gasteiger partial charge in [0.2, 0.25) is 5.88 Å². The van der Waals surface area contributed by atoms with E-state index in [1.807, 2.05) is 24.3 Å². The zero-order chi connectivity index (χ0) is 10.3. The summed E-state index contributed by atoms with van der Waals surface area (Å²) in [6.07, 6.45) is 1.62. The van der Waals surface area contributed by atoms with Crippen molar-refractivity contribution >= 4 is 16.9 Å². The Kier molecular flexibility index (Phi) is 1.53. The van der Waals surface area contributed by atoms with E-state index in [2.05, 4.69) is 15.4 Å². The number of para-hydroxylation sites is 1. The molecule has 5 heteroatoms. The third-order valence-corrected chi connectivity index (χ3v) is 2.29. The van der Waals surface area contributed by atoms with Gasteiger partial charge in [-0.25, -0.2) is 0 Å². The van der Waals surface area contributed by atoms with Gasteiger partial charge in [-0.2, -0.15) is 15.4 Å². The molecule has 0 atom stereocenters. The lowest BCUT2D eigenvalue weighted by atomic mass is 10.1. The molecule has 0 saturated heterocycles. The molecule has 0 spiro atoms. The van der Waals surface area contributed by atoms with E-state index in [9.17, 15) is 0 Å². The molecule has 0 radical (unpaired) electrons. The van der Waals surface area contributed by atoms with Crippen LogP contribution in [0.5, 0.6) is 0 Å². The van der Waals surface area contributed by atoms with Gasteiger partial charge in [0.25, 0.3) is 0 Å². The lowest BCUT2D eigenvalue weighted by Crippen LogP contribution is -1.85. The summed E-state index contributed by atoms with van der Waals surface area (Å²) >= 11 is 0. The summed E-state index contributed by atoms with van der Waals surface area (Å²) in [7, 11) is 0. The first-order chi connectivity index (χ1) is 7.36. The molecular weight excluding hydrogens is 192 g/mol. The summed E-state index contributed by atoms with van der Waals surface area (Å²) in [5.41, 5.74) is 8.04. The van der Waals surface area contributed by atoms with Crippen LogP contribution in [0.4, 0.5) is 5.88 Å². The number of benzene rings is 1. The Hall–Kier alpha value is -2.30. The van der Waals surface area contributed by atoms with Crippen LogP contribution in [0.2, 0.25) is 0 Å². The molecule has 3 aromatic rings. The van der Waals surface area contributed by atoms with Crippen molar-refractivity contribution in [2.75, 3.05) is 5.73 Å². The van der Waals surface area contributed by atoms with Crippen molar-refractivity contribution in [2.45, 2.75) is 0 Å². The molecule has 0 bridgehead atoms. The van der Waals surface area contributed by atoms with Gasteiger partial charge in [-0.1, -0.05) is 18.2 Å². The number of H-pyrrole nitrogens is 1. The Morgan fingerprint density at radius 1 is 1.27 bits per heavy atom. The molecule has 3 rings (SSSR count). The molecule has 0 amide bonds. The maximum absolute atomic E-state index is 5.80. The van der Waals surface area contributed by atoms with Crippen LogP contribution in [-0.4, -0.2) is 15.4 Å². The number of nitrogens with zero attached hydrogens (tertiary/aromatic N) is 2. The van der Waals surface area contributed by atoms with Crippen molar-refractivity contribution in [2.24, 2.45) is 0 Å². The topological polar surface area (TPSA) is 80.7 Å². The van der Waals surface area contributed by atoms with Crippen LogP contribution in [0.3, 0.4) is 0 Å². The number of nitrogens with two attached hydrogens (primary N) is 1. The molecule has 0 fully saturated rings. The van der Waals surface area contributed by atoms with Crippen LogP contribution in [0, 0.1) is 0 Å². The lowest BCUT2D eigenvalue weighted by Gasteiger charge is -1.91. The molecule has 74 valence electrons. The molecule has 5 nitrogen and oxygen atoms in total. The van der Waals surface area contributed by atoms with E-state index in [0.29, 0.717) is 11.6 Å². The fourth-order valence-corrected chi connectivity index (χ4v) is 1.65. The lowest BCUT2D eigenvalue weighted by molar-refractivity contribution is 0.638. The van der Waals surface area contributed by atoms with Crippen molar-refractivity contribution in [3.05, 3.63) is 30.5 Å². The molecule has 0 aliphatic rings. The SMILES string of the molecule is Nc1oc2ccccc2c1-c1cn[nH]n1. The molecule has 15 heavy (non-hydrogen) atoms. The summed E-state index contributed by atoms with van der Waals surface area (Å²) in [5, 5.41) is 11.2. The van der Waals surface area contributed by atoms with Crippen LogP contribution < -0.4 is 5.73 Å². The van der Waals surface area contributed by atoms with E-state index in [-0.39, 0.29) is 0 Å². The largest absolute Gasteiger partial charge is 0.440 e. The summed E-state index contributed by atoms with van der Waals surface area (Å²) < 4.78 is 5.42. The van der Waals surface area contributed by atoms with Crippen LogP contribution >= 0.6 is 0 Å². The van der Waals surface area contributed by atoms with Gasteiger partial charge in [0, 0.05) is 5.39 Å². The number of nitrogen functional groups attached to an aromatic ring is 1. The fourth-order valence-electron chi connectivity index (χ4n) is 1.65. The normalized spacial score (nSPS) is 10.9. The minimum absolute atomic E-state index is 0.366. The Balaban J connectivity index is 2.39. The number of furan rings is 1.